The molecular formula is C18H16Cl2N4O. The molecule has 128 valence electrons. The van der Waals surface area contributed by atoms with Gasteiger partial charge < -0.3 is 5.32 Å². The largest absolute Gasteiger partial charge is 0.346 e. The summed E-state index contributed by atoms with van der Waals surface area (Å²) in [5.74, 6) is -0.376. The predicted octanol–water partition coefficient (Wildman–Crippen LogP) is 4.12. The van der Waals surface area contributed by atoms with E-state index in [0.717, 1.165) is 22.6 Å². The van der Waals surface area contributed by atoms with Crippen LogP contribution >= 0.6 is 23.2 Å². The average Bonchev–Trinajstić information content (AvgIpc) is 2.90. The van der Waals surface area contributed by atoms with Crippen molar-refractivity contribution < 1.29 is 4.79 Å². The molecule has 2 aromatic heterocycles. The highest BCUT2D eigenvalue weighted by Gasteiger charge is 2.16. The monoisotopic (exact) mass is 374 g/mol. The molecule has 3 rings (SSSR count). The molecule has 0 saturated carbocycles. The molecule has 0 aliphatic rings. The van der Waals surface area contributed by atoms with Gasteiger partial charge in [-0.25, -0.2) is 9.67 Å². The third kappa shape index (κ3) is 3.67. The molecule has 7 heteroatoms. The maximum atomic E-state index is 12.3. The van der Waals surface area contributed by atoms with Crippen LogP contribution < -0.4 is 5.32 Å². The lowest BCUT2D eigenvalue weighted by Gasteiger charge is -2.08. The van der Waals surface area contributed by atoms with E-state index < -0.39 is 0 Å². The molecular weight excluding hydrogens is 359 g/mol. The summed E-state index contributed by atoms with van der Waals surface area (Å²) >= 11 is 11.9. The molecule has 5 nitrogen and oxygen atoms in total. The summed E-state index contributed by atoms with van der Waals surface area (Å²) in [6, 6.07) is 12.9. The van der Waals surface area contributed by atoms with Gasteiger partial charge in [-0.1, -0.05) is 41.4 Å². The first-order chi connectivity index (χ1) is 12.0. The van der Waals surface area contributed by atoms with Crippen LogP contribution in [0, 0.1) is 13.8 Å². The zero-order valence-corrected chi connectivity index (χ0v) is 15.3. The summed E-state index contributed by atoms with van der Waals surface area (Å²) in [6.07, 6.45) is 0. The Morgan fingerprint density at radius 3 is 2.56 bits per heavy atom. The van der Waals surface area contributed by atoms with Gasteiger partial charge in [-0.3, -0.25) is 4.79 Å². The summed E-state index contributed by atoms with van der Waals surface area (Å²) in [5, 5.41) is 7.88. The Morgan fingerprint density at radius 1 is 1.12 bits per heavy atom. The van der Waals surface area contributed by atoms with Gasteiger partial charge in [0.25, 0.3) is 5.91 Å². The fourth-order valence-corrected chi connectivity index (χ4v) is 2.92. The molecule has 2 heterocycles. The molecule has 0 saturated heterocycles. The van der Waals surface area contributed by atoms with Gasteiger partial charge in [0.1, 0.15) is 10.8 Å². The number of benzene rings is 1. The topological polar surface area (TPSA) is 59.8 Å². The highest BCUT2D eigenvalue weighted by Crippen LogP contribution is 2.19. The Bertz CT molecular complexity index is 922. The number of hydrogen-bond acceptors (Lipinski definition) is 3. The minimum atomic E-state index is -0.376. The number of carbonyl (C=O) groups excluding carboxylic acids is 1. The first-order valence-electron chi connectivity index (χ1n) is 7.68. The van der Waals surface area contributed by atoms with Gasteiger partial charge in [0.15, 0.2) is 0 Å². The van der Waals surface area contributed by atoms with E-state index in [-0.39, 0.29) is 21.8 Å². The zero-order chi connectivity index (χ0) is 18.0. The van der Waals surface area contributed by atoms with Crippen molar-refractivity contribution >= 4 is 29.1 Å². The molecule has 0 radical (unpaired) electrons. The van der Waals surface area contributed by atoms with E-state index in [1.807, 2.05) is 48.9 Å². The molecule has 0 spiro atoms. The zero-order valence-electron chi connectivity index (χ0n) is 13.8. The molecule has 0 unspecified atom stereocenters. The van der Waals surface area contributed by atoms with Crippen molar-refractivity contribution in [2.75, 3.05) is 0 Å². The van der Waals surface area contributed by atoms with Crippen molar-refractivity contribution in [1.29, 1.82) is 0 Å². The van der Waals surface area contributed by atoms with Crippen LogP contribution in [0.3, 0.4) is 0 Å². The van der Waals surface area contributed by atoms with Crippen molar-refractivity contribution in [1.82, 2.24) is 20.1 Å². The van der Waals surface area contributed by atoms with E-state index in [0.29, 0.717) is 6.54 Å². The van der Waals surface area contributed by atoms with Crippen molar-refractivity contribution in [3.63, 3.8) is 0 Å². The van der Waals surface area contributed by atoms with Crippen molar-refractivity contribution in [2.24, 2.45) is 0 Å². The van der Waals surface area contributed by atoms with Crippen molar-refractivity contribution in [3.05, 3.63) is 75.3 Å². The quantitative estimate of drug-likeness (QED) is 0.698. The molecule has 1 aromatic carbocycles. The van der Waals surface area contributed by atoms with E-state index in [1.165, 1.54) is 0 Å². The van der Waals surface area contributed by atoms with Crippen LogP contribution in [0.15, 0.2) is 42.5 Å². The first kappa shape index (κ1) is 17.5. The number of aromatic nitrogens is 3. The van der Waals surface area contributed by atoms with Crippen LogP contribution in [-0.4, -0.2) is 20.7 Å². The average molecular weight is 375 g/mol. The van der Waals surface area contributed by atoms with E-state index in [4.69, 9.17) is 23.2 Å². The van der Waals surface area contributed by atoms with Gasteiger partial charge in [-0.05, 0) is 38.1 Å². The molecule has 1 N–H and O–H groups in total. The van der Waals surface area contributed by atoms with E-state index >= 15 is 0 Å². The SMILES string of the molecule is Cc1nn(-c2ccccc2)c(C)c1CNC(=O)c1nc(Cl)ccc1Cl. The Morgan fingerprint density at radius 2 is 1.84 bits per heavy atom. The number of para-hydroxylation sites is 1. The van der Waals surface area contributed by atoms with Crippen LogP contribution in [0.5, 0.6) is 0 Å². The van der Waals surface area contributed by atoms with E-state index in [9.17, 15) is 4.79 Å². The summed E-state index contributed by atoms with van der Waals surface area (Å²) in [5.41, 5.74) is 3.86. The maximum Gasteiger partial charge on any atom is 0.271 e. The molecule has 25 heavy (non-hydrogen) atoms. The lowest BCUT2D eigenvalue weighted by molar-refractivity contribution is 0.0946. The third-order valence-electron chi connectivity index (χ3n) is 3.89. The molecule has 0 bridgehead atoms. The second-order valence-electron chi connectivity index (χ2n) is 5.54. The molecule has 0 atom stereocenters. The molecule has 0 fully saturated rings. The normalized spacial score (nSPS) is 10.7. The number of carbonyl (C=O) groups is 1. The van der Waals surface area contributed by atoms with Crippen molar-refractivity contribution in [2.45, 2.75) is 20.4 Å². The molecule has 0 aliphatic heterocycles. The first-order valence-corrected chi connectivity index (χ1v) is 8.43. The lowest BCUT2D eigenvalue weighted by atomic mass is 10.2. The number of nitrogens with one attached hydrogen (secondary N) is 1. The van der Waals surface area contributed by atoms with Gasteiger partial charge >= 0.3 is 0 Å². The fraction of sp³-hybridized carbons (Fsp3) is 0.167. The highest BCUT2D eigenvalue weighted by molar-refractivity contribution is 6.34. The second kappa shape index (κ2) is 7.25. The lowest BCUT2D eigenvalue weighted by Crippen LogP contribution is -2.24. The predicted molar refractivity (Wildman–Crippen MR) is 98.5 cm³/mol. The molecule has 3 aromatic rings. The van der Waals surface area contributed by atoms with Crippen LogP contribution in [0.2, 0.25) is 10.2 Å². The number of amides is 1. The number of halogens is 2. The third-order valence-corrected chi connectivity index (χ3v) is 4.41. The number of nitrogens with zero attached hydrogens (tertiary/aromatic N) is 3. The van der Waals surface area contributed by atoms with Gasteiger partial charge in [0.05, 0.1) is 16.4 Å². The fourth-order valence-electron chi connectivity index (χ4n) is 2.58. The molecule has 0 aliphatic carbocycles. The number of rotatable bonds is 4. The Hall–Kier alpha value is -2.37. The standard InChI is InChI=1S/C18H16Cl2N4O/c1-11-14(12(2)24(23-11)13-6-4-3-5-7-13)10-21-18(25)17-15(19)8-9-16(20)22-17/h3-9H,10H2,1-2H3,(H,21,25). The van der Waals surface area contributed by atoms with Gasteiger partial charge in [0.2, 0.25) is 0 Å². The van der Waals surface area contributed by atoms with Gasteiger partial charge in [-0.15, -0.1) is 0 Å². The number of pyridine rings is 1. The minimum absolute atomic E-state index is 0.111. The summed E-state index contributed by atoms with van der Waals surface area (Å²) in [4.78, 5) is 16.3. The van der Waals surface area contributed by atoms with Gasteiger partial charge in [-0.2, -0.15) is 5.10 Å². The molecule has 1 amide bonds. The Kier molecular flexibility index (Phi) is 5.06. The number of hydrogen-bond donors (Lipinski definition) is 1. The van der Waals surface area contributed by atoms with E-state index in [1.54, 1.807) is 12.1 Å². The van der Waals surface area contributed by atoms with Crippen LogP contribution in [0.1, 0.15) is 27.4 Å². The number of aryl methyl sites for hydroxylation is 1. The summed E-state index contributed by atoms with van der Waals surface area (Å²) in [7, 11) is 0. The Labute approximate surface area is 155 Å². The van der Waals surface area contributed by atoms with Crippen molar-refractivity contribution in [3.8, 4) is 5.69 Å². The van der Waals surface area contributed by atoms with Crippen LogP contribution in [0.4, 0.5) is 0 Å². The van der Waals surface area contributed by atoms with Crippen LogP contribution in [-0.2, 0) is 6.54 Å². The second-order valence-corrected chi connectivity index (χ2v) is 6.34. The summed E-state index contributed by atoms with van der Waals surface area (Å²) < 4.78 is 1.86. The van der Waals surface area contributed by atoms with Gasteiger partial charge in [0, 0.05) is 17.8 Å². The maximum absolute atomic E-state index is 12.3. The minimum Gasteiger partial charge on any atom is -0.346 e. The smallest absolute Gasteiger partial charge is 0.271 e. The highest BCUT2D eigenvalue weighted by atomic mass is 35.5. The summed E-state index contributed by atoms with van der Waals surface area (Å²) in [6.45, 7) is 4.21. The van der Waals surface area contributed by atoms with E-state index in [2.05, 4.69) is 15.4 Å². The van der Waals surface area contributed by atoms with Crippen LogP contribution in [0.25, 0.3) is 5.69 Å². The Balaban J connectivity index is 1.81.